The zero-order valence-electron chi connectivity index (χ0n) is 17.6. The van der Waals surface area contributed by atoms with Crippen LogP contribution < -0.4 is 4.80 Å². The Kier molecular flexibility index (Phi) is 7.34. The Balaban J connectivity index is 1.80. The van der Waals surface area contributed by atoms with Crippen molar-refractivity contribution >= 4 is 51.6 Å². The molecule has 0 aliphatic carbocycles. The van der Waals surface area contributed by atoms with Crippen molar-refractivity contribution in [2.45, 2.75) is 39.7 Å². The molecule has 0 aliphatic rings. The summed E-state index contributed by atoms with van der Waals surface area (Å²) in [6.45, 7) is 5.22. The van der Waals surface area contributed by atoms with Crippen LogP contribution >= 0.6 is 45.9 Å². The molecule has 0 radical (unpaired) electrons. The fourth-order valence-corrected chi connectivity index (χ4v) is 5.83. The summed E-state index contributed by atoms with van der Waals surface area (Å²) in [5, 5.41) is 2.96. The van der Waals surface area contributed by atoms with Crippen LogP contribution in [-0.4, -0.2) is 4.57 Å². The van der Waals surface area contributed by atoms with E-state index in [0.29, 0.717) is 0 Å². The van der Waals surface area contributed by atoms with E-state index in [2.05, 4.69) is 60.2 Å². The second-order valence-electron chi connectivity index (χ2n) is 7.28. The number of thiazole rings is 1. The molecule has 2 aromatic carbocycles. The van der Waals surface area contributed by atoms with Crippen LogP contribution in [0.5, 0.6) is 0 Å². The van der Waals surface area contributed by atoms with Crippen molar-refractivity contribution in [2.24, 2.45) is 4.99 Å². The van der Waals surface area contributed by atoms with Gasteiger partial charge in [-0.2, -0.15) is 0 Å². The van der Waals surface area contributed by atoms with Gasteiger partial charge < -0.3 is 4.57 Å². The lowest BCUT2D eigenvalue weighted by Gasteiger charge is -2.11. The Morgan fingerprint density at radius 1 is 0.903 bits per heavy atom. The smallest absolute Gasteiger partial charge is 0.190 e. The lowest BCUT2D eigenvalue weighted by molar-refractivity contribution is 0.684. The highest BCUT2D eigenvalue weighted by molar-refractivity contribution is 7.19. The van der Waals surface area contributed by atoms with E-state index in [1.807, 2.05) is 18.2 Å². The van der Waals surface area contributed by atoms with Gasteiger partial charge in [0.25, 0.3) is 0 Å². The number of hydrogen-bond donors (Lipinski definition) is 0. The van der Waals surface area contributed by atoms with Gasteiger partial charge in [-0.3, -0.25) is 0 Å². The number of nitrogens with zero attached hydrogens (tertiary/aromatic N) is 2. The lowest BCUT2D eigenvalue weighted by atomic mass is 10.0. The third-order valence-corrected chi connectivity index (χ3v) is 7.70. The standard InChI is InChI=1S/C25H24Cl2N2S2/c1-3-18-6-5-7-19(4-2)24(18)28-25-29(15-14-17-8-10-20(26)11-9-17)21(16-30-25)22-12-13-23(27)31-22/h5-13,16H,3-4,14-15H2,1-2H3. The topological polar surface area (TPSA) is 17.3 Å². The molecule has 0 N–H and O–H groups in total. The van der Waals surface area contributed by atoms with Crippen LogP contribution in [0.25, 0.3) is 10.6 Å². The molecule has 0 atom stereocenters. The molecule has 2 nitrogen and oxygen atoms in total. The summed E-state index contributed by atoms with van der Waals surface area (Å²) in [6.07, 6.45) is 2.84. The number of aryl methyl sites for hydroxylation is 3. The van der Waals surface area contributed by atoms with E-state index in [1.165, 1.54) is 27.3 Å². The van der Waals surface area contributed by atoms with Gasteiger partial charge in [0, 0.05) is 16.9 Å². The van der Waals surface area contributed by atoms with Gasteiger partial charge in [0.05, 0.1) is 20.6 Å². The zero-order chi connectivity index (χ0) is 21.8. The fraction of sp³-hybridized carbons (Fsp3) is 0.240. The van der Waals surface area contributed by atoms with Crippen molar-refractivity contribution < 1.29 is 0 Å². The normalized spacial score (nSPS) is 11.9. The molecule has 0 fully saturated rings. The Hall–Kier alpha value is -1.85. The van der Waals surface area contributed by atoms with Crippen molar-refractivity contribution in [3.63, 3.8) is 0 Å². The molecule has 6 heteroatoms. The lowest BCUT2D eigenvalue weighted by Crippen LogP contribution is -2.17. The maximum absolute atomic E-state index is 6.24. The molecule has 2 heterocycles. The molecular weight excluding hydrogens is 463 g/mol. The van der Waals surface area contributed by atoms with E-state index in [0.717, 1.165) is 45.7 Å². The monoisotopic (exact) mass is 486 g/mol. The Bertz CT molecular complexity index is 1210. The van der Waals surface area contributed by atoms with Gasteiger partial charge in [-0.1, -0.05) is 67.4 Å². The largest absolute Gasteiger partial charge is 0.315 e. The Morgan fingerprint density at radius 3 is 2.23 bits per heavy atom. The number of benzene rings is 2. The molecule has 4 aromatic rings. The molecule has 160 valence electrons. The summed E-state index contributed by atoms with van der Waals surface area (Å²) in [4.78, 5) is 7.38. The molecule has 0 spiro atoms. The van der Waals surface area contributed by atoms with Gasteiger partial charge in [-0.15, -0.1) is 22.7 Å². The van der Waals surface area contributed by atoms with Crippen LogP contribution in [0.3, 0.4) is 0 Å². The van der Waals surface area contributed by atoms with Crippen LogP contribution in [-0.2, 0) is 25.8 Å². The number of halogens is 2. The highest BCUT2D eigenvalue weighted by atomic mass is 35.5. The molecule has 2 aromatic heterocycles. The van der Waals surface area contributed by atoms with Gasteiger partial charge in [-0.25, -0.2) is 4.99 Å². The van der Waals surface area contributed by atoms with Crippen LogP contribution in [0.15, 0.2) is 65.0 Å². The first-order chi connectivity index (χ1) is 15.1. The van der Waals surface area contributed by atoms with Crippen LogP contribution in [0.2, 0.25) is 9.36 Å². The maximum atomic E-state index is 6.24. The first-order valence-electron chi connectivity index (χ1n) is 10.4. The summed E-state index contributed by atoms with van der Waals surface area (Å²) in [7, 11) is 0. The first kappa shape index (κ1) is 22.3. The Labute approximate surface area is 201 Å². The summed E-state index contributed by atoms with van der Waals surface area (Å²) in [6, 6.07) is 18.6. The van der Waals surface area contributed by atoms with Crippen molar-refractivity contribution in [1.29, 1.82) is 0 Å². The Morgan fingerprint density at radius 2 is 1.61 bits per heavy atom. The fourth-order valence-electron chi connectivity index (χ4n) is 3.63. The van der Waals surface area contributed by atoms with Gasteiger partial charge in [0.1, 0.15) is 0 Å². The van der Waals surface area contributed by atoms with Crippen LogP contribution in [0.4, 0.5) is 5.69 Å². The second-order valence-corrected chi connectivity index (χ2v) is 10.3. The predicted molar refractivity (Wildman–Crippen MR) is 136 cm³/mol. The minimum atomic E-state index is 0.764. The molecule has 0 bridgehead atoms. The number of rotatable bonds is 7. The van der Waals surface area contributed by atoms with E-state index >= 15 is 0 Å². The molecule has 0 aliphatic heterocycles. The third kappa shape index (κ3) is 5.15. The minimum Gasteiger partial charge on any atom is -0.315 e. The summed E-state index contributed by atoms with van der Waals surface area (Å²) >= 11 is 15.6. The maximum Gasteiger partial charge on any atom is 0.190 e. The number of hydrogen-bond acceptors (Lipinski definition) is 3. The quantitative estimate of drug-likeness (QED) is 0.250. The van der Waals surface area contributed by atoms with E-state index in [9.17, 15) is 0 Å². The average Bonchev–Trinajstić information content (AvgIpc) is 3.39. The highest BCUT2D eigenvalue weighted by Crippen LogP contribution is 2.32. The van der Waals surface area contributed by atoms with Crippen molar-refractivity contribution in [3.8, 4) is 10.6 Å². The second kappa shape index (κ2) is 10.2. The molecular formula is C25H24Cl2N2S2. The van der Waals surface area contributed by atoms with Crippen LogP contribution in [0.1, 0.15) is 30.5 Å². The van der Waals surface area contributed by atoms with E-state index in [-0.39, 0.29) is 0 Å². The van der Waals surface area contributed by atoms with Crippen molar-refractivity contribution in [3.05, 3.63) is 90.8 Å². The molecule has 0 saturated carbocycles. The number of thiophene rings is 1. The average molecular weight is 488 g/mol. The zero-order valence-corrected chi connectivity index (χ0v) is 20.7. The highest BCUT2D eigenvalue weighted by Gasteiger charge is 2.12. The van der Waals surface area contributed by atoms with Gasteiger partial charge >= 0.3 is 0 Å². The first-order valence-corrected chi connectivity index (χ1v) is 12.9. The van der Waals surface area contributed by atoms with E-state index < -0.39 is 0 Å². The van der Waals surface area contributed by atoms with Gasteiger partial charge in [-0.05, 0) is 60.2 Å². The summed E-state index contributed by atoms with van der Waals surface area (Å²) in [5.74, 6) is 0. The molecule has 0 saturated heterocycles. The third-order valence-electron chi connectivity index (χ3n) is 5.33. The van der Waals surface area contributed by atoms with Crippen LogP contribution in [0, 0.1) is 0 Å². The van der Waals surface area contributed by atoms with Gasteiger partial charge in [0.2, 0.25) is 0 Å². The number of para-hydroxylation sites is 1. The number of aromatic nitrogens is 1. The van der Waals surface area contributed by atoms with Crippen molar-refractivity contribution in [1.82, 2.24) is 4.57 Å². The molecule has 31 heavy (non-hydrogen) atoms. The van der Waals surface area contributed by atoms with E-state index in [4.69, 9.17) is 28.2 Å². The molecule has 4 rings (SSSR count). The summed E-state index contributed by atoms with van der Waals surface area (Å²) < 4.78 is 3.13. The van der Waals surface area contributed by atoms with Crippen molar-refractivity contribution in [2.75, 3.05) is 0 Å². The SMILES string of the molecule is CCc1cccc(CC)c1N=c1scc(-c2ccc(Cl)s2)n1CCc1ccc(Cl)cc1. The predicted octanol–water partition coefficient (Wildman–Crippen LogP) is 8.18. The molecule has 0 unspecified atom stereocenters. The molecule has 0 amide bonds. The minimum absolute atomic E-state index is 0.764. The summed E-state index contributed by atoms with van der Waals surface area (Å²) in [5.41, 5.74) is 6.12. The van der Waals surface area contributed by atoms with E-state index in [1.54, 1.807) is 22.7 Å². The van der Waals surface area contributed by atoms with Gasteiger partial charge in [0.15, 0.2) is 4.80 Å².